The van der Waals surface area contributed by atoms with Crippen LogP contribution in [0.25, 0.3) is 11.1 Å². The molecule has 0 saturated heterocycles. The topological polar surface area (TPSA) is 32.3 Å². The molecule has 2 nitrogen and oxygen atoms in total. The first-order chi connectivity index (χ1) is 11.6. The van der Waals surface area contributed by atoms with Gasteiger partial charge in [0.05, 0.1) is 5.70 Å². The summed E-state index contributed by atoms with van der Waals surface area (Å²) in [5.74, 6) is 2.81. The predicted molar refractivity (Wildman–Crippen MR) is 104 cm³/mol. The van der Waals surface area contributed by atoms with Gasteiger partial charge in [0.15, 0.2) is 0 Å². The summed E-state index contributed by atoms with van der Waals surface area (Å²) in [5, 5.41) is 12.1. The minimum Gasteiger partial charge on any atom is -0.508 e. The van der Waals surface area contributed by atoms with Crippen molar-refractivity contribution in [2.24, 2.45) is 0 Å². The Kier molecular flexibility index (Phi) is 10.8. The SMILES string of the molecule is C#C.C#C/C(=C/CC)NC.Cc1ccccc1-c1ccc(O)cc1. The van der Waals surface area contributed by atoms with Gasteiger partial charge in [-0.2, -0.15) is 0 Å². The second-order valence-corrected chi connectivity index (χ2v) is 4.78. The lowest BCUT2D eigenvalue weighted by atomic mass is 10.0. The molecule has 2 aromatic rings. The average Bonchev–Trinajstić information content (AvgIpc) is 2.63. The van der Waals surface area contributed by atoms with Gasteiger partial charge < -0.3 is 10.4 Å². The minimum atomic E-state index is 0.308. The third-order valence-electron chi connectivity index (χ3n) is 3.16. The van der Waals surface area contributed by atoms with Gasteiger partial charge in [0, 0.05) is 7.05 Å². The van der Waals surface area contributed by atoms with E-state index in [1.165, 1.54) is 11.1 Å². The van der Waals surface area contributed by atoms with E-state index in [0.717, 1.165) is 17.7 Å². The van der Waals surface area contributed by atoms with Crippen LogP contribution in [0.15, 0.2) is 60.3 Å². The van der Waals surface area contributed by atoms with E-state index in [9.17, 15) is 5.11 Å². The molecular weight excluding hydrogens is 294 g/mol. The molecular formula is C22H25NO. The third kappa shape index (κ3) is 7.25. The smallest absolute Gasteiger partial charge is 0.115 e. The molecule has 24 heavy (non-hydrogen) atoms. The van der Waals surface area contributed by atoms with Crippen molar-refractivity contribution < 1.29 is 5.11 Å². The number of terminal acetylenes is 2. The molecule has 0 fully saturated rings. The van der Waals surface area contributed by atoms with Gasteiger partial charge in [-0.15, -0.1) is 19.3 Å². The van der Waals surface area contributed by atoms with Crippen molar-refractivity contribution in [3.8, 4) is 42.1 Å². The number of rotatable bonds is 3. The molecule has 0 aliphatic carbocycles. The van der Waals surface area contributed by atoms with Crippen LogP contribution in [0.1, 0.15) is 18.9 Å². The number of aryl methyl sites for hydroxylation is 1. The van der Waals surface area contributed by atoms with Crippen LogP contribution in [0.3, 0.4) is 0 Å². The molecule has 0 heterocycles. The van der Waals surface area contributed by atoms with Crippen LogP contribution in [0.4, 0.5) is 0 Å². The van der Waals surface area contributed by atoms with Crippen LogP contribution in [0.5, 0.6) is 5.75 Å². The largest absolute Gasteiger partial charge is 0.508 e. The molecule has 0 amide bonds. The molecule has 0 aliphatic rings. The first-order valence-corrected chi connectivity index (χ1v) is 7.65. The summed E-state index contributed by atoms with van der Waals surface area (Å²) in [7, 11) is 1.82. The van der Waals surface area contributed by atoms with Crippen molar-refractivity contribution in [3.63, 3.8) is 0 Å². The van der Waals surface area contributed by atoms with E-state index in [-0.39, 0.29) is 0 Å². The average molecular weight is 319 g/mol. The Morgan fingerprint density at radius 3 is 2.12 bits per heavy atom. The van der Waals surface area contributed by atoms with Gasteiger partial charge in [-0.05, 0) is 42.2 Å². The molecule has 0 saturated carbocycles. The number of allylic oxidation sites excluding steroid dienone is 2. The highest BCUT2D eigenvalue weighted by Crippen LogP contribution is 2.24. The molecule has 2 rings (SSSR count). The van der Waals surface area contributed by atoms with Crippen LogP contribution in [0, 0.1) is 32.1 Å². The summed E-state index contributed by atoms with van der Waals surface area (Å²) in [4.78, 5) is 0. The van der Waals surface area contributed by atoms with Crippen molar-refractivity contribution >= 4 is 0 Å². The fourth-order valence-corrected chi connectivity index (χ4v) is 1.98. The second-order valence-electron chi connectivity index (χ2n) is 4.78. The van der Waals surface area contributed by atoms with E-state index in [0.29, 0.717) is 5.75 Å². The first kappa shape index (κ1) is 20.9. The van der Waals surface area contributed by atoms with E-state index >= 15 is 0 Å². The van der Waals surface area contributed by atoms with Crippen LogP contribution in [0.2, 0.25) is 0 Å². The van der Waals surface area contributed by atoms with Gasteiger partial charge in [-0.25, -0.2) is 0 Å². The number of benzene rings is 2. The molecule has 2 N–H and O–H groups in total. The van der Waals surface area contributed by atoms with Gasteiger partial charge in [0.2, 0.25) is 0 Å². The maximum atomic E-state index is 9.17. The van der Waals surface area contributed by atoms with Crippen LogP contribution >= 0.6 is 0 Å². The number of phenolic OH excluding ortho intramolecular Hbond substituents is 1. The van der Waals surface area contributed by atoms with Crippen LogP contribution in [-0.2, 0) is 0 Å². The van der Waals surface area contributed by atoms with Crippen molar-refractivity contribution in [1.82, 2.24) is 5.32 Å². The maximum absolute atomic E-state index is 9.17. The van der Waals surface area contributed by atoms with E-state index in [1.54, 1.807) is 12.1 Å². The normalized spacial score (nSPS) is 9.42. The quantitative estimate of drug-likeness (QED) is 0.800. The molecule has 2 aromatic carbocycles. The Morgan fingerprint density at radius 1 is 1.12 bits per heavy atom. The molecule has 0 atom stereocenters. The van der Waals surface area contributed by atoms with Gasteiger partial charge in [-0.3, -0.25) is 0 Å². The monoisotopic (exact) mass is 319 g/mol. The lowest BCUT2D eigenvalue weighted by Crippen LogP contribution is -2.02. The summed E-state index contributed by atoms with van der Waals surface area (Å²) < 4.78 is 0. The predicted octanol–water partition coefficient (Wildman–Crippen LogP) is 4.75. The molecule has 0 unspecified atom stereocenters. The highest BCUT2D eigenvalue weighted by molar-refractivity contribution is 5.67. The van der Waals surface area contributed by atoms with E-state index in [4.69, 9.17) is 6.42 Å². The fraction of sp³-hybridized carbons (Fsp3) is 0.182. The van der Waals surface area contributed by atoms with Crippen LogP contribution < -0.4 is 5.32 Å². The number of aromatic hydroxyl groups is 1. The van der Waals surface area contributed by atoms with Crippen molar-refractivity contribution in [2.45, 2.75) is 20.3 Å². The zero-order chi connectivity index (χ0) is 18.4. The zero-order valence-electron chi connectivity index (χ0n) is 14.6. The molecule has 0 radical (unpaired) electrons. The Labute approximate surface area is 146 Å². The van der Waals surface area contributed by atoms with Crippen molar-refractivity contribution in [2.75, 3.05) is 7.05 Å². The zero-order valence-corrected chi connectivity index (χ0v) is 14.6. The number of phenols is 1. The van der Waals surface area contributed by atoms with Gasteiger partial charge in [0.1, 0.15) is 5.75 Å². The maximum Gasteiger partial charge on any atom is 0.115 e. The Bertz CT molecular complexity index is 688. The molecule has 0 bridgehead atoms. The Hall–Kier alpha value is -3.10. The first-order valence-electron chi connectivity index (χ1n) is 7.65. The van der Waals surface area contributed by atoms with Crippen LogP contribution in [-0.4, -0.2) is 12.2 Å². The minimum absolute atomic E-state index is 0.308. The second kappa shape index (κ2) is 12.4. The van der Waals surface area contributed by atoms with Gasteiger partial charge in [0.25, 0.3) is 0 Å². The van der Waals surface area contributed by atoms with E-state index in [2.05, 4.69) is 50.1 Å². The molecule has 0 aromatic heterocycles. The Morgan fingerprint density at radius 2 is 1.71 bits per heavy atom. The van der Waals surface area contributed by atoms with Crippen molar-refractivity contribution in [3.05, 3.63) is 65.9 Å². The molecule has 0 spiro atoms. The Balaban J connectivity index is 0.000000456. The molecule has 0 aliphatic heterocycles. The van der Waals surface area contributed by atoms with Gasteiger partial charge >= 0.3 is 0 Å². The summed E-state index contributed by atoms with van der Waals surface area (Å²) in [6.45, 7) is 4.14. The fourth-order valence-electron chi connectivity index (χ4n) is 1.98. The summed E-state index contributed by atoms with van der Waals surface area (Å²) in [6.07, 6.45) is 16.0. The lowest BCUT2D eigenvalue weighted by molar-refractivity contribution is 0.475. The number of nitrogens with one attached hydrogen (secondary N) is 1. The van der Waals surface area contributed by atoms with E-state index < -0.39 is 0 Å². The van der Waals surface area contributed by atoms with Crippen molar-refractivity contribution in [1.29, 1.82) is 0 Å². The highest BCUT2D eigenvalue weighted by atomic mass is 16.3. The molecule has 2 heteroatoms. The van der Waals surface area contributed by atoms with E-state index in [1.807, 2.05) is 37.4 Å². The highest BCUT2D eigenvalue weighted by Gasteiger charge is 1.99. The summed E-state index contributed by atoms with van der Waals surface area (Å²) in [6, 6.07) is 15.5. The lowest BCUT2D eigenvalue weighted by Gasteiger charge is -2.05. The molecule has 124 valence electrons. The summed E-state index contributed by atoms with van der Waals surface area (Å²) in [5.41, 5.74) is 4.47. The number of hydrogen-bond acceptors (Lipinski definition) is 2. The number of hydrogen-bond donors (Lipinski definition) is 2. The standard InChI is InChI=1S/C13H12O.C7H11N.C2H2/c1-10-4-2-3-5-13(10)11-6-8-12(14)9-7-11;1-4-6-7(5-2)8-3;1-2/h2-9,14H,1H3;2,6,8H,4H2,1,3H3;1-2H/b;7-6-;. The summed E-state index contributed by atoms with van der Waals surface area (Å²) >= 11 is 0. The van der Waals surface area contributed by atoms with Gasteiger partial charge in [-0.1, -0.05) is 55.3 Å². The third-order valence-corrected chi connectivity index (χ3v) is 3.16.